The summed E-state index contributed by atoms with van der Waals surface area (Å²) in [6.07, 6.45) is -5.08. The Morgan fingerprint density at radius 3 is 2.17 bits per heavy atom. The van der Waals surface area contributed by atoms with E-state index in [-0.39, 0.29) is 5.78 Å². The van der Waals surface area contributed by atoms with Crippen LogP contribution in [0.4, 0.5) is 0 Å². The SMILES string of the molecule is CC(=O)c1ccc(Cc2cc([C@H]3[C@H](O)[C@@H](O)[C@H](O)[C@@H](CO)[C@@H]3O)ccc2Cl)cc1. The molecule has 6 atom stereocenters. The zero-order valence-electron chi connectivity index (χ0n) is 15.9. The van der Waals surface area contributed by atoms with Gasteiger partial charge in [-0.1, -0.05) is 48.0 Å². The van der Waals surface area contributed by atoms with Crippen LogP contribution < -0.4 is 0 Å². The van der Waals surface area contributed by atoms with Crippen molar-refractivity contribution in [1.82, 2.24) is 0 Å². The van der Waals surface area contributed by atoms with Gasteiger partial charge < -0.3 is 25.5 Å². The summed E-state index contributed by atoms with van der Waals surface area (Å²) in [5.74, 6) is -1.88. The Morgan fingerprint density at radius 2 is 1.59 bits per heavy atom. The van der Waals surface area contributed by atoms with Gasteiger partial charge in [-0.05, 0) is 36.1 Å². The van der Waals surface area contributed by atoms with Gasteiger partial charge in [-0.15, -0.1) is 0 Å². The molecule has 7 heteroatoms. The number of carbonyl (C=O) groups excluding carboxylic acids is 1. The van der Waals surface area contributed by atoms with Crippen LogP contribution in [-0.4, -0.2) is 62.3 Å². The van der Waals surface area contributed by atoms with Crippen LogP contribution in [0.3, 0.4) is 0 Å². The van der Waals surface area contributed by atoms with Crippen molar-refractivity contribution < 1.29 is 30.3 Å². The van der Waals surface area contributed by atoms with Gasteiger partial charge in [0.2, 0.25) is 0 Å². The highest BCUT2D eigenvalue weighted by Crippen LogP contribution is 2.38. The molecule has 0 aromatic heterocycles. The van der Waals surface area contributed by atoms with Gasteiger partial charge in [0.25, 0.3) is 0 Å². The highest BCUT2D eigenvalue weighted by Gasteiger charge is 2.48. The Balaban J connectivity index is 1.90. The summed E-state index contributed by atoms with van der Waals surface area (Å²) in [6.45, 7) is 0.979. The molecule has 0 aliphatic heterocycles. The quantitative estimate of drug-likeness (QED) is 0.465. The number of hydrogen-bond acceptors (Lipinski definition) is 6. The summed E-state index contributed by atoms with van der Waals surface area (Å²) in [5.41, 5.74) is 2.85. The molecule has 156 valence electrons. The Hall–Kier alpha value is -1.80. The van der Waals surface area contributed by atoms with Crippen LogP contribution in [0.2, 0.25) is 5.02 Å². The Labute approximate surface area is 174 Å². The van der Waals surface area contributed by atoms with E-state index >= 15 is 0 Å². The first kappa shape index (κ1) is 21.9. The summed E-state index contributed by atoms with van der Waals surface area (Å²) < 4.78 is 0. The summed E-state index contributed by atoms with van der Waals surface area (Å²) in [5, 5.41) is 51.3. The third-order valence-corrected chi connectivity index (χ3v) is 6.10. The Kier molecular flexibility index (Phi) is 6.73. The highest BCUT2D eigenvalue weighted by atomic mass is 35.5. The molecule has 0 radical (unpaired) electrons. The van der Waals surface area contributed by atoms with E-state index in [0.717, 1.165) is 11.1 Å². The fourth-order valence-corrected chi connectivity index (χ4v) is 4.15. The number of carbonyl (C=O) groups is 1. The minimum absolute atomic E-state index is 0.0176. The van der Waals surface area contributed by atoms with Crippen molar-refractivity contribution in [3.63, 3.8) is 0 Å². The molecule has 2 aromatic rings. The second kappa shape index (κ2) is 8.92. The molecule has 0 unspecified atom stereocenters. The van der Waals surface area contributed by atoms with E-state index in [9.17, 15) is 30.3 Å². The molecule has 0 bridgehead atoms. The Bertz CT molecular complexity index is 868. The van der Waals surface area contributed by atoms with Gasteiger partial charge in [0.1, 0.15) is 6.10 Å². The average Bonchev–Trinajstić information content (AvgIpc) is 2.69. The molecule has 0 spiro atoms. The van der Waals surface area contributed by atoms with Crippen molar-refractivity contribution in [2.75, 3.05) is 6.61 Å². The fourth-order valence-electron chi connectivity index (χ4n) is 3.96. The fraction of sp³-hybridized carbons (Fsp3) is 0.409. The minimum atomic E-state index is -1.49. The van der Waals surface area contributed by atoms with Gasteiger partial charge in [-0.3, -0.25) is 4.79 Å². The van der Waals surface area contributed by atoms with Crippen LogP contribution >= 0.6 is 11.6 Å². The first-order valence-corrected chi connectivity index (χ1v) is 9.83. The summed E-state index contributed by atoms with van der Waals surface area (Å²) in [7, 11) is 0. The lowest BCUT2D eigenvalue weighted by atomic mass is 9.70. The molecule has 2 aromatic carbocycles. The molecule has 0 heterocycles. The predicted octanol–water partition coefficient (Wildman–Crippen LogP) is 1.28. The van der Waals surface area contributed by atoms with E-state index in [4.69, 9.17) is 11.6 Å². The number of Topliss-reactive ketones (excluding diaryl/α,β-unsaturated/α-hetero) is 1. The number of rotatable bonds is 5. The molecule has 5 N–H and O–H groups in total. The smallest absolute Gasteiger partial charge is 0.159 e. The molecule has 29 heavy (non-hydrogen) atoms. The lowest BCUT2D eigenvalue weighted by Crippen LogP contribution is -2.58. The van der Waals surface area contributed by atoms with Crippen LogP contribution in [0, 0.1) is 5.92 Å². The Morgan fingerprint density at radius 1 is 0.931 bits per heavy atom. The van der Waals surface area contributed by atoms with Crippen LogP contribution in [0.1, 0.15) is 39.9 Å². The van der Waals surface area contributed by atoms with Crippen molar-refractivity contribution in [3.05, 3.63) is 69.7 Å². The third kappa shape index (κ3) is 4.38. The van der Waals surface area contributed by atoms with Crippen molar-refractivity contribution in [2.24, 2.45) is 5.92 Å². The number of aliphatic hydroxyl groups excluding tert-OH is 5. The highest BCUT2D eigenvalue weighted by molar-refractivity contribution is 6.31. The predicted molar refractivity (Wildman–Crippen MR) is 108 cm³/mol. The average molecular weight is 421 g/mol. The molecular weight excluding hydrogens is 396 g/mol. The lowest BCUT2D eigenvalue weighted by molar-refractivity contribution is -0.169. The maximum absolute atomic E-state index is 11.4. The number of benzene rings is 2. The molecule has 0 amide bonds. The van der Waals surface area contributed by atoms with Crippen molar-refractivity contribution in [1.29, 1.82) is 0 Å². The van der Waals surface area contributed by atoms with E-state index < -0.39 is 42.9 Å². The first-order valence-electron chi connectivity index (χ1n) is 9.46. The van der Waals surface area contributed by atoms with Gasteiger partial charge in [0.05, 0.1) is 24.9 Å². The van der Waals surface area contributed by atoms with Crippen LogP contribution in [0.15, 0.2) is 42.5 Å². The van der Waals surface area contributed by atoms with Crippen LogP contribution in [-0.2, 0) is 6.42 Å². The molecule has 0 saturated heterocycles. The lowest BCUT2D eigenvalue weighted by Gasteiger charge is -2.43. The molecule has 1 aliphatic carbocycles. The van der Waals surface area contributed by atoms with Crippen molar-refractivity contribution >= 4 is 17.4 Å². The molecule has 6 nitrogen and oxygen atoms in total. The van der Waals surface area contributed by atoms with Crippen LogP contribution in [0.25, 0.3) is 0 Å². The van der Waals surface area contributed by atoms with Crippen molar-refractivity contribution in [2.45, 2.75) is 43.7 Å². The van der Waals surface area contributed by atoms with Gasteiger partial charge in [-0.25, -0.2) is 0 Å². The normalized spacial score (nSPS) is 29.6. The summed E-state index contributed by atoms with van der Waals surface area (Å²) in [6, 6.07) is 12.2. The maximum atomic E-state index is 11.4. The first-order chi connectivity index (χ1) is 13.7. The second-order valence-corrected chi connectivity index (χ2v) is 8.02. The second-order valence-electron chi connectivity index (χ2n) is 7.62. The molecule has 3 rings (SSSR count). The van der Waals surface area contributed by atoms with E-state index in [2.05, 4.69) is 0 Å². The zero-order chi connectivity index (χ0) is 21.3. The van der Waals surface area contributed by atoms with Crippen molar-refractivity contribution in [3.8, 4) is 0 Å². The number of ketones is 1. The topological polar surface area (TPSA) is 118 Å². The standard InChI is InChI=1S/C22H25ClO6/c1-11(25)13-4-2-12(3-5-13)8-15-9-14(6-7-17(15)23)18-19(26)16(10-24)20(27)22(29)21(18)28/h2-7,9,16,18-22,24,26-29H,8,10H2,1H3/t16-,18+,19-,20+,21-,22-/m0/s1. The van der Waals surface area contributed by atoms with E-state index in [1.54, 1.807) is 30.3 Å². The van der Waals surface area contributed by atoms with Crippen LogP contribution in [0.5, 0.6) is 0 Å². The molecular formula is C22H25ClO6. The van der Waals surface area contributed by atoms with Gasteiger partial charge in [0, 0.05) is 22.4 Å². The number of hydrogen-bond donors (Lipinski definition) is 5. The summed E-state index contributed by atoms with van der Waals surface area (Å²) in [4.78, 5) is 11.4. The number of aliphatic hydroxyl groups is 5. The van der Waals surface area contributed by atoms with E-state index in [1.165, 1.54) is 6.92 Å². The minimum Gasteiger partial charge on any atom is -0.396 e. The third-order valence-electron chi connectivity index (χ3n) is 5.73. The molecule has 1 saturated carbocycles. The summed E-state index contributed by atoms with van der Waals surface area (Å²) >= 11 is 6.34. The van der Waals surface area contributed by atoms with E-state index in [0.29, 0.717) is 22.6 Å². The van der Waals surface area contributed by atoms with E-state index in [1.807, 2.05) is 12.1 Å². The molecule has 1 aliphatic rings. The number of halogens is 1. The maximum Gasteiger partial charge on any atom is 0.159 e. The van der Waals surface area contributed by atoms with Gasteiger partial charge >= 0.3 is 0 Å². The molecule has 1 fully saturated rings. The van der Waals surface area contributed by atoms with Gasteiger partial charge in [0.15, 0.2) is 5.78 Å². The van der Waals surface area contributed by atoms with Gasteiger partial charge in [-0.2, -0.15) is 0 Å². The largest absolute Gasteiger partial charge is 0.396 e. The zero-order valence-corrected chi connectivity index (χ0v) is 16.7. The monoisotopic (exact) mass is 420 g/mol.